The number of aryl methyl sites for hydroxylation is 1. The van der Waals surface area contributed by atoms with E-state index in [0.717, 1.165) is 75.2 Å². The van der Waals surface area contributed by atoms with Gasteiger partial charge in [-0.05, 0) is 94.0 Å². The van der Waals surface area contributed by atoms with E-state index in [2.05, 4.69) is 28.4 Å². The Labute approximate surface area is 234 Å². The number of benzene rings is 2. The third kappa shape index (κ3) is 7.03. The summed E-state index contributed by atoms with van der Waals surface area (Å²) < 4.78 is 50.4. The smallest absolute Gasteiger partial charge is 0.416 e. The molecule has 2 aromatic rings. The van der Waals surface area contributed by atoms with E-state index in [1.54, 1.807) is 12.1 Å². The Morgan fingerprint density at radius 3 is 2.20 bits per heavy atom. The fraction of sp³-hybridized carbons (Fsp3) is 0.581. The molecular weight excluding hydrogens is 519 g/mol. The average Bonchev–Trinajstić information content (AvgIpc) is 3.30. The molecule has 1 aliphatic carbocycles. The third-order valence-corrected chi connectivity index (χ3v) is 8.08. The van der Waals surface area contributed by atoms with Crippen LogP contribution in [0.3, 0.4) is 0 Å². The van der Waals surface area contributed by atoms with Crippen LogP contribution >= 0.6 is 0 Å². The van der Waals surface area contributed by atoms with Gasteiger partial charge < -0.3 is 24.6 Å². The van der Waals surface area contributed by atoms with Gasteiger partial charge in [0.1, 0.15) is 17.5 Å². The van der Waals surface area contributed by atoms with Crippen molar-refractivity contribution in [3.8, 4) is 5.75 Å². The number of halogens is 3. The molecule has 1 N–H and O–H groups in total. The largest absolute Gasteiger partial charge is 0.490 e. The second-order valence-electron chi connectivity index (χ2n) is 12.2. The molecule has 9 heteroatoms. The second kappa shape index (κ2) is 11.5. The molecule has 1 amide bonds. The summed E-state index contributed by atoms with van der Waals surface area (Å²) in [4.78, 5) is 16.3. The molecule has 6 nitrogen and oxygen atoms in total. The van der Waals surface area contributed by atoms with Crippen LogP contribution in [-0.4, -0.2) is 54.9 Å². The number of hydrogen-bond acceptors (Lipinski definition) is 5. The molecule has 5 rings (SSSR count). The molecule has 2 heterocycles. The Balaban J connectivity index is 1.08. The maximum absolute atomic E-state index is 12.9. The number of alkyl halides is 3. The topological polar surface area (TPSA) is 54.0 Å². The molecule has 0 spiro atoms. The lowest BCUT2D eigenvalue weighted by Crippen LogP contribution is -2.47. The van der Waals surface area contributed by atoms with Crippen molar-refractivity contribution in [3.05, 3.63) is 59.2 Å². The number of nitrogens with one attached hydrogen (secondary N) is 1. The molecule has 0 aromatic heterocycles. The van der Waals surface area contributed by atoms with Gasteiger partial charge in [-0.1, -0.05) is 6.07 Å². The number of piperidine rings is 2. The van der Waals surface area contributed by atoms with Crippen molar-refractivity contribution in [3.63, 3.8) is 0 Å². The maximum Gasteiger partial charge on any atom is 0.416 e. The zero-order valence-corrected chi connectivity index (χ0v) is 23.6. The van der Waals surface area contributed by atoms with Crippen LogP contribution < -0.4 is 15.0 Å². The summed E-state index contributed by atoms with van der Waals surface area (Å²) in [5.74, 6) is 0.887. The molecule has 1 unspecified atom stereocenters. The molecule has 2 saturated heterocycles. The number of likely N-dealkylation sites (tertiary alicyclic amines) is 1. The molecule has 2 aromatic carbocycles. The Hall–Kier alpha value is -2.94. The maximum atomic E-state index is 12.9. The number of carbonyl (C=O) groups is 1. The van der Waals surface area contributed by atoms with Gasteiger partial charge in [-0.3, -0.25) is 0 Å². The van der Waals surface area contributed by atoms with Crippen LogP contribution in [0.25, 0.3) is 0 Å². The molecule has 2 fully saturated rings. The zero-order valence-electron chi connectivity index (χ0n) is 23.6. The summed E-state index contributed by atoms with van der Waals surface area (Å²) >= 11 is 0. The fourth-order valence-corrected chi connectivity index (χ4v) is 5.97. The van der Waals surface area contributed by atoms with Crippen LogP contribution in [-0.2, 0) is 17.3 Å². The predicted molar refractivity (Wildman–Crippen MR) is 149 cm³/mol. The van der Waals surface area contributed by atoms with Crippen LogP contribution in [0.15, 0.2) is 42.5 Å². The molecule has 1 atom stereocenters. The summed E-state index contributed by atoms with van der Waals surface area (Å²) in [6.45, 7) is 8.58. The van der Waals surface area contributed by atoms with Crippen LogP contribution in [0.1, 0.15) is 75.6 Å². The highest BCUT2D eigenvalue weighted by atomic mass is 19.4. The first kappa shape index (κ1) is 28.6. The van der Waals surface area contributed by atoms with Gasteiger partial charge in [0.25, 0.3) is 0 Å². The first-order chi connectivity index (χ1) is 18.9. The minimum atomic E-state index is -4.31. The quantitative estimate of drug-likeness (QED) is 0.440. The highest BCUT2D eigenvalue weighted by molar-refractivity contribution is 5.68. The Morgan fingerprint density at radius 1 is 0.900 bits per heavy atom. The first-order valence-corrected chi connectivity index (χ1v) is 14.4. The Morgan fingerprint density at radius 2 is 1.57 bits per heavy atom. The van der Waals surface area contributed by atoms with E-state index in [0.29, 0.717) is 25.2 Å². The third-order valence-electron chi connectivity index (χ3n) is 8.08. The van der Waals surface area contributed by atoms with Crippen LogP contribution in [0, 0.1) is 0 Å². The van der Waals surface area contributed by atoms with Crippen LogP contribution in [0.2, 0.25) is 0 Å². The molecule has 3 aliphatic rings. The number of hydrogen-bond donors (Lipinski definition) is 1. The van der Waals surface area contributed by atoms with E-state index in [-0.39, 0.29) is 12.2 Å². The monoisotopic (exact) mass is 559 g/mol. The van der Waals surface area contributed by atoms with Crippen molar-refractivity contribution in [2.24, 2.45) is 0 Å². The summed E-state index contributed by atoms with van der Waals surface area (Å²) in [6.07, 6.45) is 1.09. The number of ether oxygens (including phenoxy) is 2. The lowest BCUT2D eigenvalue weighted by Gasteiger charge is -2.35. The Kier molecular flexibility index (Phi) is 8.22. The average molecular weight is 560 g/mol. The summed E-state index contributed by atoms with van der Waals surface area (Å²) in [7, 11) is 0. The standard InChI is InChI=1S/C31H40F3N3O3/c1-30(2,3)40-29(38)37-16-12-23(13-17-37)35-28-11-4-21-20-26(9-10-27(21)28)39-25-14-18-36(19-15-25)24-7-5-22(6-8-24)31(32,33)34/h5-10,20,23,25,28,35H,4,11-19H2,1-3H3. The van der Waals surface area contributed by atoms with Crippen molar-refractivity contribution in [1.29, 1.82) is 0 Å². The zero-order chi connectivity index (χ0) is 28.5. The van der Waals surface area contributed by atoms with Crippen molar-refractivity contribution < 1.29 is 27.4 Å². The van der Waals surface area contributed by atoms with Crippen molar-refractivity contribution >= 4 is 11.8 Å². The summed E-state index contributed by atoms with van der Waals surface area (Å²) in [6, 6.07) is 12.5. The number of anilines is 1. The summed E-state index contributed by atoms with van der Waals surface area (Å²) in [5, 5.41) is 3.83. The normalized spacial score (nSPS) is 20.9. The fourth-order valence-electron chi connectivity index (χ4n) is 5.97. The van der Waals surface area contributed by atoms with Gasteiger partial charge in [-0.2, -0.15) is 13.2 Å². The van der Waals surface area contributed by atoms with Gasteiger partial charge in [0.15, 0.2) is 0 Å². The van der Waals surface area contributed by atoms with E-state index < -0.39 is 17.3 Å². The van der Waals surface area contributed by atoms with Crippen LogP contribution in [0.5, 0.6) is 5.75 Å². The van der Waals surface area contributed by atoms with E-state index in [1.807, 2.05) is 25.7 Å². The number of carbonyl (C=O) groups excluding carboxylic acids is 1. The van der Waals surface area contributed by atoms with E-state index in [9.17, 15) is 18.0 Å². The summed E-state index contributed by atoms with van der Waals surface area (Å²) in [5.41, 5.74) is 2.38. The SMILES string of the molecule is CC(C)(C)OC(=O)N1CCC(NC2CCc3cc(OC4CCN(c5ccc(C(F)(F)F)cc5)CC4)ccc32)CC1. The van der Waals surface area contributed by atoms with Gasteiger partial charge in [0.05, 0.1) is 5.56 Å². The predicted octanol–water partition coefficient (Wildman–Crippen LogP) is 6.73. The molecule has 0 saturated carbocycles. The highest BCUT2D eigenvalue weighted by Crippen LogP contribution is 2.36. The Bertz CT molecular complexity index is 1160. The molecule has 2 aliphatic heterocycles. The number of fused-ring (bicyclic) bond motifs is 1. The second-order valence-corrected chi connectivity index (χ2v) is 12.2. The number of amides is 1. The minimum absolute atomic E-state index is 0.0919. The van der Waals surface area contributed by atoms with E-state index >= 15 is 0 Å². The molecule has 40 heavy (non-hydrogen) atoms. The molecule has 218 valence electrons. The molecular formula is C31H40F3N3O3. The molecule has 0 radical (unpaired) electrons. The minimum Gasteiger partial charge on any atom is -0.490 e. The number of rotatable bonds is 5. The van der Waals surface area contributed by atoms with Crippen molar-refractivity contribution in [2.45, 2.75) is 89.3 Å². The van der Waals surface area contributed by atoms with E-state index in [4.69, 9.17) is 9.47 Å². The van der Waals surface area contributed by atoms with Gasteiger partial charge in [0.2, 0.25) is 0 Å². The van der Waals surface area contributed by atoms with Crippen molar-refractivity contribution in [2.75, 3.05) is 31.1 Å². The van der Waals surface area contributed by atoms with Gasteiger partial charge in [-0.25, -0.2) is 4.79 Å². The van der Waals surface area contributed by atoms with Gasteiger partial charge in [-0.15, -0.1) is 0 Å². The van der Waals surface area contributed by atoms with Gasteiger partial charge in [0, 0.05) is 56.8 Å². The lowest BCUT2D eigenvalue weighted by molar-refractivity contribution is -0.137. The number of nitrogens with zero attached hydrogens (tertiary/aromatic N) is 2. The molecule has 0 bridgehead atoms. The highest BCUT2D eigenvalue weighted by Gasteiger charge is 2.32. The van der Waals surface area contributed by atoms with E-state index in [1.165, 1.54) is 11.1 Å². The van der Waals surface area contributed by atoms with Crippen molar-refractivity contribution in [1.82, 2.24) is 10.2 Å². The first-order valence-electron chi connectivity index (χ1n) is 14.4. The lowest BCUT2D eigenvalue weighted by atomic mass is 10.0. The van der Waals surface area contributed by atoms with Gasteiger partial charge >= 0.3 is 12.3 Å². The van der Waals surface area contributed by atoms with Crippen LogP contribution in [0.4, 0.5) is 23.7 Å².